The van der Waals surface area contributed by atoms with E-state index in [1.54, 1.807) is 0 Å². The first-order valence-corrected chi connectivity index (χ1v) is 18.6. The zero-order valence-corrected chi connectivity index (χ0v) is 29.2. The molecule has 2 aromatic heterocycles. The van der Waals surface area contributed by atoms with Gasteiger partial charge in [-0.05, 0) is 86.0 Å². The standard InChI is InChI=1S/C51H31N3/c1-3-14-34(15-4-1)51(35-16-5-2-6-17-35)43-23-11-9-19-37(43)41-30-32(26-28-44(41)51)33-27-29-47-42(31-33)38-20-10-12-25-46(38)54(47)50-52-45-24-13-22-39-36-18-7-8-21-40(36)49(53-50)48(39)45/h1-31H. The lowest BCUT2D eigenvalue weighted by atomic mass is 9.67. The van der Waals surface area contributed by atoms with Gasteiger partial charge in [0.05, 0.1) is 27.7 Å². The second-order valence-corrected chi connectivity index (χ2v) is 14.5. The normalized spacial score (nSPS) is 13.3. The van der Waals surface area contributed by atoms with Crippen molar-refractivity contribution in [1.29, 1.82) is 0 Å². The van der Waals surface area contributed by atoms with Crippen molar-refractivity contribution in [3.05, 3.63) is 210 Å². The van der Waals surface area contributed by atoms with Crippen LogP contribution in [0, 0.1) is 0 Å². The van der Waals surface area contributed by atoms with Gasteiger partial charge in [0.25, 0.3) is 0 Å². The highest BCUT2D eigenvalue weighted by molar-refractivity contribution is 6.14. The Bertz CT molecular complexity index is 3120. The van der Waals surface area contributed by atoms with Crippen LogP contribution in [-0.4, -0.2) is 14.5 Å². The first-order valence-electron chi connectivity index (χ1n) is 18.6. The minimum Gasteiger partial charge on any atom is -0.278 e. The van der Waals surface area contributed by atoms with Gasteiger partial charge in [0.2, 0.25) is 5.95 Å². The highest BCUT2D eigenvalue weighted by Crippen LogP contribution is 2.56. The van der Waals surface area contributed by atoms with Gasteiger partial charge in [-0.2, -0.15) is 0 Å². The number of hydrogen-bond donors (Lipinski definition) is 0. The van der Waals surface area contributed by atoms with Crippen LogP contribution in [0.5, 0.6) is 0 Å². The molecule has 250 valence electrons. The molecule has 0 radical (unpaired) electrons. The Balaban J connectivity index is 1.06. The maximum Gasteiger partial charge on any atom is 0.235 e. The second-order valence-electron chi connectivity index (χ2n) is 14.5. The van der Waals surface area contributed by atoms with E-state index in [9.17, 15) is 0 Å². The lowest BCUT2D eigenvalue weighted by Crippen LogP contribution is -2.28. The molecule has 0 saturated heterocycles. The van der Waals surface area contributed by atoms with E-state index in [4.69, 9.17) is 9.97 Å². The first-order chi connectivity index (χ1) is 26.8. The molecule has 12 rings (SSSR count). The van der Waals surface area contributed by atoms with Crippen molar-refractivity contribution in [2.45, 2.75) is 5.41 Å². The molecule has 0 unspecified atom stereocenters. The third-order valence-corrected chi connectivity index (χ3v) is 11.8. The van der Waals surface area contributed by atoms with Crippen LogP contribution in [-0.2, 0) is 5.41 Å². The minimum absolute atomic E-state index is 0.411. The summed E-state index contributed by atoms with van der Waals surface area (Å²) in [5.74, 6) is 0.692. The molecule has 2 heterocycles. The van der Waals surface area contributed by atoms with Crippen molar-refractivity contribution in [3.8, 4) is 50.6 Å². The summed E-state index contributed by atoms with van der Waals surface area (Å²) in [6.45, 7) is 0. The summed E-state index contributed by atoms with van der Waals surface area (Å²) in [4.78, 5) is 10.5. The Labute approximate surface area is 312 Å². The van der Waals surface area contributed by atoms with Gasteiger partial charge in [-0.3, -0.25) is 4.57 Å². The number of rotatable bonds is 4. The molecular formula is C51H31N3. The summed E-state index contributed by atoms with van der Waals surface area (Å²) in [7, 11) is 0. The summed E-state index contributed by atoms with van der Waals surface area (Å²) >= 11 is 0. The number of hydrogen-bond acceptors (Lipinski definition) is 2. The molecule has 0 N–H and O–H groups in total. The van der Waals surface area contributed by atoms with Crippen LogP contribution in [0.3, 0.4) is 0 Å². The Morgan fingerprint density at radius 1 is 0.389 bits per heavy atom. The first kappa shape index (κ1) is 29.5. The van der Waals surface area contributed by atoms with E-state index in [1.807, 2.05) is 0 Å². The van der Waals surface area contributed by atoms with Crippen LogP contribution < -0.4 is 0 Å². The monoisotopic (exact) mass is 685 g/mol. The van der Waals surface area contributed by atoms with Crippen LogP contribution in [0.15, 0.2) is 188 Å². The zero-order chi connectivity index (χ0) is 35.4. The molecule has 54 heavy (non-hydrogen) atoms. The van der Waals surface area contributed by atoms with Crippen LogP contribution in [0.4, 0.5) is 0 Å². The smallest absolute Gasteiger partial charge is 0.235 e. The Kier molecular flexibility index (Phi) is 5.98. The van der Waals surface area contributed by atoms with Crippen LogP contribution >= 0.6 is 0 Å². The maximum atomic E-state index is 5.31. The topological polar surface area (TPSA) is 30.7 Å². The van der Waals surface area contributed by atoms with Crippen LogP contribution in [0.2, 0.25) is 0 Å². The number of aromatic nitrogens is 3. The van der Waals surface area contributed by atoms with Crippen molar-refractivity contribution in [1.82, 2.24) is 14.5 Å². The van der Waals surface area contributed by atoms with Gasteiger partial charge in [-0.15, -0.1) is 0 Å². The van der Waals surface area contributed by atoms with E-state index in [1.165, 1.54) is 66.4 Å². The summed E-state index contributed by atoms with van der Waals surface area (Å²) in [5, 5.41) is 3.50. The SMILES string of the molecule is c1ccc(C2(c3ccccc3)c3ccccc3-c3cc(-c4ccc5c(c4)c4ccccc4n5-c4nc5c6c(cccc6n4)-c4ccccc4-5)ccc32)cc1. The van der Waals surface area contributed by atoms with Gasteiger partial charge in [-0.25, -0.2) is 9.97 Å². The minimum atomic E-state index is -0.411. The van der Waals surface area contributed by atoms with Crippen LogP contribution in [0.1, 0.15) is 22.3 Å². The highest BCUT2D eigenvalue weighted by Gasteiger charge is 2.46. The molecule has 0 bridgehead atoms. The molecule has 2 aliphatic carbocycles. The van der Waals surface area contributed by atoms with Gasteiger partial charge in [0.15, 0.2) is 0 Å². The molecule has 0 atom stereocenters. The van der Waals surface area contributed by atoms with Crippen molar-refractivity contribution >= 4 is 32.7 Å². The molecule has 0 spiro atoms. The molecule has 2 aliphatic rings. The summed E-state index contributed by atoms with van der Waals surface area (Å²) in [6, 6.07) is 68.5. The van der Waals surface area contributed by atoms with Crippen molar-refractivity contribution in [2.75, 3.05) is 0 Å². The molecule has 8 aromatic carbocycles. The lowest BCUT2D eigenvalue weighted by molar-refractivity contribution is 0.768. The Hall–Kier alpha value is -7.10. The van der Waals surface area contributed by atoms with Gasteiger partial charge in [0, 0.05) is 21.7 Å². The number of nitrogens with zero attached hydrogens (tertiary/aromatic N) is 3. The molecule has 0 fully saturated rings. The van der Waals surface area contributed by atoms with E-state index >= 15 is 0 Å². The quantitative estimate of drug-likeness (QED) is 0.185. The fraction of sp³-hybridized carbons (Fsp3) is 0.0196. The maximum absolute atomic E-state index is 5.31. The molecule has 3 heteroatoms. The predicted molar refractivity (Wildman–Crippen MR) is 221 cm³/mol. The van der Waals surface area contributed by atoms with E-state index in [2.05, 4.69) is 193 Å². The molecule has 10 aromatic rings. The molecule has 0 aliphatic heterocycles. The summed E-state index contributed by atoms with van der Waals surface area (Å²) in [5.41, 5.74) is 17.5. The van der Waals surface area contributed by atoms with E-state index in [0.29, 0.717) is 5.95 Å². The van der Waals surface area contributed by atoms with E-state index in [0.717, 1.165) is 33.2 Å². The largest absolute Gasteiger partial charge is 0.278 e. The number of fused-ring (bicyclic) bond motifs is 9. The van der Waals surface area contributed by atoms with Crippen LogP contribution in [0.25, 0.3) is 83.3 Å². The van der Waals surface area contributed by atoms with Gasteiger partial charge in [-0.1, -0.05) is 158 Å². The number of para-hydroxylation sites is 1. The molecule has 3 nitrogen and oxygen atoms in total. The molecule has 0 amide bonds. The highest BCUT2D eigenvalue weighted by atomic mass is 15.2. The third kappa shape index (κ3) is 3.85. The summed E-state index contributed by atoms with van der Waals surface area (Å²) in [6.07, 6.45) is 0. The van der Waals surface area contributed by atoms with E-state index in [-0.39, 0.29) is 0 Å². The molecule has 0 saturated carbocycles. The van der Waals surface area contributed by atoms with Gasteiger partial charge in [0.1, 0.15) is 0 Å². The van der Waals surface area contributed by atoms with Crippen molar-refractivity contribution in [3.63, 3.8) is 0 Å². The summed E-state index contributed by atoms with van der Waals surface area (Å²) < 4.78 is 2.24. The number of benzene rings is 8. The van der Waals surface area contributed by atoms with Crippen molar-refractivity contribution < 1.29 is 0 Å². The average molecular weight is 686 g/mol. The Morgan fingerprint density at radius 3 is 1.81 bits per heavy atom. The van der Waals surface area contributed by atoms with Gasteiger partial charge >= 0.3 is 0 Å². The zero-order valence-electron chi connectivity index (χ0n) is 29.2. The van der Waals surface area contributed by atoms with Crippen molar-refractivity contribution in [2.24, 2.45) is 0 Å². The Morgan fingerprint density at radius 2 is 1.00 bits per heavy atom. The van der Waals surface area contributed by atoms with E-state index < -0.39 is 5.41 Å². The second kappa shape index (κ2) is 11.0. The fourth-order valence-electron chi connectivity index (χ4n) is 9.61. The fourth-order valence-corrected chi connectivity index (χ4v) is 9.61. The molecular weight excluding hydrogens is 655 g/mol. The lowest BCUT2D eigenvalue weighted by Gasteiger charge is -2.33. The third-order valence-electron chi connectivity index (χ3n) is 11.8. The predicted octanol–water partition coefficient (Wildman–Crippen LogP) is 12.4. The van der Waals surface area contributed by atoms with Gasteiger partial charge < -0.3 is 0 Å². The average Bonchev–Trinajstić information content (AvgIpc) is 3.86.